The molecule has 0 radical (unpaired) electrons. The van der Waals surface area contributed by atoms with Gasteiger partial charge in [0.25, 0.3) is 0 Å². The van der Waals surface area contributed by atoms with E-state index in [0.717, 1.165) is 4.90 Å². The molecule has 0 saturated heterocycles. The number of hydrogen-bond donors (Lipinski definition) is 0. The van der Waals surface area contributed by atoms with Gasteiger partial charge in [-0.2, -0.15) is 72.9 Å². The fourth-order valence-electron chi connectivity index (χ4n) is 4.11. The van der Waals surface area contributed by atoms with Crippen LogP contribution in [0.4, 0.5) is 62.8 Å². The maximum atomic E-state index is 14.5. The van der Waals surface area contributed by atoms with E-state index in [9.17, 15) is 62.3 Å². The lowest BCUT2D eigenvalue weighted by molar-refractivity contribution is -0.441. The highest BCUT2D eigenvalue weighted by Crippen LogP contribution is 2.62. The molecule has 0 aliphatic carbocycles. The molecular formula is C28H15F13N4O. The van der Waals surface area contributed by atoms with E-state index in [1.54, 1.807) is 26.0 Å². The highest BCUT2D eigenvalue weighted by atomic mass is 19.4. The Morgan fingerprint density at radius 2 is 1.22 bits per heavy atom. The number of alkyl halides is 13. The van der Waals surface area contributed by atoms with Crippen LogP contribution in [0.5, 0.6) is 0 Å². The second-order valence-corrected chi connectivity index (χ2v) is 10.0. The Kier molecular flexibility index (Phi) is 8.62. The fraction of sp³-hybridized carbons (Fsp3) is 0.321. The highest BCUT2D eigenvalue weighted by molar-refractivity contribution is 5.63. The Labute approximate surface area is 250 Å². The summed E-state index contributed by atoms with van der Waals surface area (Å²) in [6.07, 6.45) is -0.795. The molecule has 18 heteroatoms. The van der Waals surface area contributed by atoms with E-state index >= 15 is 0 Å². The molecule has 2 aliphatic heterocycles. The molecular weight excluding hydrogens is 655 g/mol. The maximum absolute atomic E-state index is 14.5. The summed E-state index contributed by atoms with van der Waals surface area (Å²) in [6.45, 7) is 3.08. The number of nitrogens with zero attached hydrogens (tertiary/aromatic N) is 4. The van der Waals surface area contributed by atoms with Gasteiger partial charge >= 0.3 is 35.8 Å². The third-order valence-corrected chi connectivity index (χ3v) is 6.69. The quantitative estimate of drug-likeness (QED) is 0.214. The molecule has 2 aliphatic rings. The Balaban J connectivity index is 1.92. The van der Waals surface area contributed by atoms with Crippen LogP contribution in [0.25, 0.3) is 0 Å². The van der Waals surface area contributed by atoms with Crippen LogP contribution >= 0.6 is 0 Å². The van der Waals surface area contributed by atoms with E-state index < -0.39 is 52.5 Å². The van der Waals surface area contributed by atoms with Crippen LogP contribution in [0.15, 0.2) is 82.9 Å². The minimum atomic E-state index is -7.99. The van der Waals surface area contributed by atoms with E-state index in [-0.39, 0.29) is 34.7 Å². The van der Waals surface area contributed by atoms with Crippen molar-refractivity contribution in [3.63, 3.8) is 0 Å². The van der Waals surface area contributed by atoms with Gasteiger partial charge in [0.1, 0.15) is 29.4 Å². The highest BCUT2D eigenvalue weighted by Gasteiger charge is 2.90. The zero-order valence-corrected chi connectivity index (χ0v) is 22.8. The van der Waals surface area contributed by atoms with Gasteiger partial charge in [0.2, 0.25) is 0 Å². The summed E-state index contributed by atoms with van der Waals surface area (Å²) in [5.74, 6) is -37.8. The maximum Gasteiger partial charge on any atom is 0.460 e. The molecule has 1 aromatic rings. The first-order chi connectivity index (χ1) is 20.9. The van der Waals surface area contributed by atoms with Gasteiger partial charge in [-0.25, -0.2) is 0 Å². The average molecular weight is 670 g/mol. The van der Waals surface area contributed by atoms with Gasteiger partial charge in [0.15, 0.2) is 11.3 Å². The zero-order valence-electron chi connectivity index (χ0n) is 22.8. The second-order valence-electron chi connectivity index (χ2n) is 10.0. The predicted molar refractivity (Wildman–Crippen MR) is 131 cm³/mol. The molecule has 46 heavy (non-hydrogen) atoms. The van der Waals surface area contributed by atoms with Gasteiger partial charge in [-0.3, -0.25) is 0 Å². The van der Waals surface area contributed by atoms with Gasteiger partial charge in [0.05, 0.1) is 0 Å². The van der Waals surface area contributed by atoms with Crippen molar-refractivity contribution in [2.75, 3.05) is 4.90 Å². The number of nitriles is 3. The minimum absolute atomic E-state index is 0.0463. The predicted octanol–water partition coefficient (Wildman–Crippen LogP) is 8.59. The van der Waals surface area contributed by atoms with Crippen molar-refractivity contribution < 1.29 is 61.8 Å². The van der Waals surface area contributed by atoms with Crippen LogP contribution in [0.3, 0.4) is 0 Å². The van der Waals surface area contributed by atoms with E-state index in [0.29, 0.717) is 17.7 Å². The number of benzene rings is 1. The molecule has 0 N–H and O–H groups in total. The molecule has 5 nitrogen and oxygen atoms in total. The van der Waals surface area contributed by atoms with Crippen molar-refractivity contribution >= 4 is 5.69 Å². The topological polar surface area (TPSA) is 83.8 Å². The van der Waals surface area contributed by atoms with Crippen molar-refractivity contribution in [1.29, 1.82) is 15.8 Å². The number of ether oxygens (including phenoxy) is 1. The van der Waals surface area contributed by atoms with Crippen molar-refractivity contribution in [3.05, 3.63) is 88.5 Å². The lowest BCUT2D eigenvalue weighted by Crippen LogP contribution is -2.69. The molecule has 0 unspecified atom stereocenters. The van der Waals surface area contributed by atoms with Crippen molar-refractivity contribution in [3.8, 4) is 18.2 Å². The molecule has 0 aromatic heterocycles. The zero-order chi connectivity index (χ0) is 35.3. The molecule has 244 valence electrons. The summed E-state index contributed by atoms with van der Waals surface area (Å²) < 4.78 is 181. The van der Waals surface area contributed by atoms with Gasteiger partial charge in [-0.05, 0) is 49.8 Å². The van der Waals surface area contributed by atoms with Crippen molar-refractivity contribution in [1.82, 2.24) is 0 Å². The monoisotopic (exact) mass is 670 g/mol. The third kappa shape index (κ3) is 5.33. The number of rotatable bonds is 7. The molecule has 0 spiro atoms. The number of anilines is 1. The summed E-state index contributed by atoms with van der Waals surface area (Å²) in [5.41, 5.74) is -3.37. The molecule has 0 fully saturated rings. The van der Waals surface area contributed by atoms with E-state index in [1.807, 2.05) is 6.07 Å². The largest absolute Gasteiger partial charge is 0.480 e. The van der Waals surface area contributed by atoms with Crippen molar-refractivity contribution in [2.24, 2.45) is 0 Å². The first-order valence-electron chi connectivity index (χ1n) is 12.2. The SMILES string of the molecule is CC1(C)OC(=C(C#N)C#N)C(C#N)=C1C=C1C=CN(c2ccc(C(F)(F)C(F)(F)C(F)(F)C(F)(F)C(F)(F)C(F)(F)F)cc2)C=C1. The number of halogens is 13. The third-order valence-electron chi connectivity index (χ3n) is 6.69. The van der Waals surface area contributed by atoms with Gasteiger partial charge in [0, 0.05) is 29.2 Å². The van der Waals surface area contributed by atoms with Crippen LogP contribution in [-0.4, -0.2) is 35.5 Å². The molecule has 0 saturated carbocycles. The van der Waals surface area contributed by atoms with Crippen LogP contribution in [0.2, 0.25) is 0 Å². The van der Waals surface area contributed by atoms with E-state index in [2.05, 4.69) is 0 Å². The van der Waals surface area contributed by atoms with E-state index in [1.165, 1.54) is 30.6 Å². The standard InChI is InChI=1S/C28H15F13N4O/c1-22(2)20(19(14-44)21(46-22)16(12-42)13-43)11-15-7-9-45(10-8-15)18-5-3-17(4-6-18)23(29,30)24(31,32)25(33,34)26(35,36)27(37,38)28(39,40)41/h3-11H,1-2H3. The smallest absolute Gasteiger partial charge is 0.460 e. The lowest BCUT2D eigenvalue weighted by atomic mass is 9.90. The summed E-state index contributed by atoms with van der Waals surface area (Å²) in [7, 11) is 0. The summed E-state index contributed by atoms with van der Waals surface area (Å²) in [5, 5.41) is 27.9. The minimum Gasteiger partial charge on any atom is -0.480 e. The molecule has 2 heterocycles. The molecule has 0 atom stereocenters. The van der Waals surface area contributed by atoms with Gasteiger partial charge < -0.3 is 9.64 Å². The summed E-state index contributed by atoms with van der Waals surface area (Å²) >= 11 is 0. The van der Waals surface area contributed by atoms with Crippen LogP contribution in [-0.2, 0) is 10.7 Å². The molecule has 3 rings (SSSR count). The number of allylic oxidation sites excluding steroid dienone is 5. The first-order valence-corrected chi connectivity index (χ1v) is 12.2. The average Bonchev–Trinajstić information content (AvgIpc) is 3.21. The first kappa shape index (κ1) is 35.6. The normalized spacial score (nSPS) is 17.3. The van der Waals surface area contributed by atoms with Gasteiger partial charge in [-0.15, -0.1) is 0 Å². The molecule has 1 aromatic carbocycles. The Hall–Kier alpha value is -4.92. The van der Waals surface area contributed by atoms with Crippen LogP contribution in [0, 0.1) is 34.0 Å². The lowest BCUT2D eigenvalue weighted by Gasteiger charge is -2.39. The van der Waals surface area contributed by atoms with Crippen LogP contribution in [0.1, 0.15) is 19.4 Å². The number of hydrogen-bond acceptors (Lipinski definition) is 5. The second kappa shape index (κ2) is 11.2. The van der Waals surface area contributed by atoms with E-state index in [4.69, 9.17) is 15.3 Å². The Morgan fingerprint density at radius 3 is 1.65 bits per heavy atom. The Bertz CT molecular complexity index is 1660. The van der Waals surface area contributed by atoms with Gasteiger partial charge in [-0.1, -0.05) is 12.1 Å². The summed E-state index contributed by atoms with van der Waals surface area (Å²) in [6, 6.07) is 6.39. The Morgan fingerprint density at radius 1 is 0.739 bits per heavy atom. The van der Waals surface area contributed by atoms with Crippen molar-refractivity contribution in [2.45, 2.75) is 55.2 Å². The molecule has 0 bridgehead atoms. The fourth-order valence-corrected chi connectivity index (χ4v) is 4.11. The summed E-state index contributed by atoms with van der Waals surface area (Å²) in [4.78, 5) is 1.15. The van der Waals surface area contributed by atoms with Crippen LogP contribution < -0.4 is 4.90 Å². The molecule has 0 amide bonds.